The molecule has 1 aromatic carbocycles. The molecule has 0 saturated carbocycles. The highest BCUT2D eigenvalue weighted by molar-refractivity contribution is 9.10. The van der Waals surface area contributed by atoms with Crippen LogP contribution in [-0.2, 0) is 0 Å². The Morgan fingerprint density at radius 3 is 2.79 bits per heavy atom. The van der Waals surface area contributed by atoms with Crippen LogP contribution in [0.25, 0.3) is 0 Å². The molecule has 1 heterocycles. The van der Waals surface area contributed by atoms with E-state index >= 15 is 0 Å². The average molecular weight is 329 g/mol. The average Bonchev–Trinajstić information content (AvgIpc) is 2.74. The van der Waals surface area contributed by atoms with E-state index in [0.29, 0.717) is 5.92 Å². The zero-order valence-corrected chi connectivity index (χ0v) is 13.4. The van der Waals surface area contributed by atoms with Gasteiger partial charge < -0.3 is 10.2 Å². The SMILES string of the molecule is CC(C)(C)NCC1CCN(c2ccc(F)cc2Br)C1. The second-order valence-corrected chi connectivity index (χ2v) is 7.18. The predicted octanol–water partition coefficient (Wildman–Crippen LogP) is 3.80. The minimum absolute atomic E-state index is 0.171. The van der Waals surface area contributed by atoms with Crippen molar-refractivity contribution in [3.05, 3.63) is 28.5 Å². The first kappa shape index (κ1) is 14.8. The third kappa shape index (κ3) is 4.18. The highest BCUT2D eigenvalue weighted by Gasteiger charge is 2.25. The van der Waals surface area contributed by atoms with E-state index in [2.05, 4.69) is 46.9 Å². The molecule has 0 bridgehead atoms. The highest BCUT2D eigenvalue weighted by Crippen LogP contribution is 2.31. The van der Waals surface area contributed by atoms with Gasteiger partial charge in [0.2, 0.25) is 0 Å². The fourth-order valence-corrected chi connectivity index (χ4v) is 3.01. The quantitative estimate of drug-likeness (QED) is 0.907. The number of benzene rings is 1. The first-order chi connectivity index (χ1) is 8.85. The molecule has 4 heteroatoms. The van der Waals surface area contributed by atoms with Gasteiger partial charge in [0.25, 0.3) is 0 Å². The fourth-order valence-electron chi connectivity index (χ4n) is 2.41. The Morgan fingerprint density at radius 1 is 1.42 bits per heavy atom. The topological polar surface area (TPSA) is 15.3 Å². The van der Waals surface area contributed by atoms with E-state index < -0.39 is 0 Å². The maximum Gasteiger partial charge on any atom is 0.124 e. The molecule has 1 unspecified atom stereocenters. The van der Waals surface area contributed by atoms with Gasteiger partial charge in [-0.3, -0.25) is 0 Å². The molecular formula is C15H22BrFN2. The van der Waals surface area contributed by atoms with Crippen LogP contribution in [0.4, 0.5) is 10.1 Å². The number of halogens is 2. The molecule has 1 aliphatic heterocycles. The normalized spacial score (nSPS) is 20.1. The molecule has 1 saturated heterocycles. The number of anilines is 1. The summed E-state index contributed by atoms with van der Waals surface area (Å²) >= 11 is 3.45. The lowest BCUT2D eigenvalue weighted by Crippen LogP contribution is -2.39. The highest BCUT2D eigenvalue weighted by atomic mass is 79.9. The van der Waals surface area contributed by atoms with E-state index in [9.17, 15) is 4.39 Å². The Hall–Kier alpha value is -0.610. The van der Waals surface area contributed by atoms with Crippen molar-refractivity contribution in [2.75, 3.05) is 24.5 Å². The molecule has 1 aromatic rings. The summed E-state index contributed by atoms with van der Waals surface area (Å²) in [6.45, 7) is 9.69. The first-order valence-corrected chi connectivity index (χ1v) is 7.59. The Balaban J connectivity index is 1.94. The standard InChI is InChI=1S/C15H22BrFN2/c1-15(2,3)18-9-11-6-7-19(10-11)14-5-4-12(17)8-13(14)16/h4-5,8,11,18H,6-7,9-10H2,1-3H3. The van der Waals surface area contributed by atoms with Crippen LogP contribution in [0.3, 0.4) is 0 Å². The van der Waals surface area contributed by atoms with Crippen LogP contribution in [0.15, 0.2) is 22.7 Å². The van der Waals surface area contributed by atoms with E-state index in [1.54, 1.807) is 0 Å². The van der Waals surface area contributed by atoms with E-state index in [1.165, 1.54) is 18.6 Å². The van der Waals surface area contributed by atoms with Crippen LogP contribution in [-0.4, -0.2) is 25.2 Å². The molecule has 2 nitrogen and oxygen atoms in total. The molecule has 2 rings (SSSR count). The van der Waals surface area contributed by atoms with Gasteiger partial charge in [0.1, 0.15) is 5.82 Å². The second-order valence-electron chi connectivity index (χ2n) is 6.33. The summed E-state index contributed by atoms with van der Waals surface area (Å²) in [6.07, 6.45) is 1.19. The number of hydrogen-bond acceptors (Lipinski definition) is 2. The zero-order chi connectivity index (χ0) is 14.0. The second kappa shape index (κ2) is 5.80. The molecule has 0 amide bonds. The van der Waals surface area contributed by atoms with Crippen LogP contribution in [0.2, 0.25) is 0 Å². The zero-order valence-electron chi connectivity index (χ0n) is 11.8. The Bertz CT molecular complexity index is 442. The van der Waals surface area contributed by atoms with Gasteiger partial charge in [0.15, 0.2) is 0 Å². The van der Waals surface area contributed by atoms with E-state index in [4.69, 9.17) is 0 Å². The molecule has 0 aromatic heterocycles. The summed E-state index contributed by atoms with van der Waals surface area (Å²) < 4.78 is 13.9. The van der Waals surface area contributed by atoms with Crippen molar-refractivity contribution in [2.45, 2.75) is 32.7 Å². The molecule has 0 spiro atoms. The van der Waals surface area contributed by atoms with Crippen molar-refractivity contribution >= 4 is 21.6 Å². The van der Waals surface area contributed by atoms with Gasteiger partial charge in [-0.1, -0.05) is 0 Å². The summed E-state index contributed by atoms with van der Waals surface area (Å²) in [7, 11) is 0. The third-order valence-electron chi connectivity index (χ3n) is 3.46. The van der Waals surface area contributed by atoms with Gasteiger partial charge >= 0.3 is 0 Å². The van der Waals surface area contributed by atoms with Crippen molar-refractivity contribution < 1.29 is 4.39 Å². The van der Waals surface area contributed by atoms with Crippen molar-refractivity contribution in [3.8, 4) is 0 Å². The largest absolute Gasteiger partial charge is 0.370 e. The number of nitrogens with zero attached hydrogens (tertiary/aromatic N) is 1. The Kier molecular flexibility index (Phi) is 4.51. The number of hydrogen-bond donors (Lipinski definition) is 1. The minimum atomic E-state index is -0.194. The van der Waals surface area contributed by atoms with Gasteiger partial charge in [-0.15, -0.1) is 0 Å². The van der Waals surface area contributed by atoms with Crippen LogP contribution in [0.1, 0.15) is 27.2 Å². The van der Waals surface area contributed by atoms with E-state index in [-0.39, 0.29) is 11.4 Å². The Labute approximate surface area is 123 Å². The number of rotatable bonds is 3. The van der Waals surface area contributed by atoms with Crippen LogP contribution >= 0.6 is 15.9 Å². The molecule has 106 valence electrons. The molecule has 0 aliphatic carbocycles. The lowest BCUT2D eigenvalue weighted by molar-refractivity contribution is 0.383. The fraction of sp³-hybridized carbons (Fsp3) is 0.600. The molecular weight excluding hydrogens is 307 g/mol. The smallest absolute Gasteiger partial charge is 0.124 e. The van der Waals surface area contributed by atoms with Gasteiger partial charge in [0, 0.05) is 29.6 Å². The van der Waals surface area contributed by atoms with Crippen LogP contribution < -0.4 is 10.2 Å². The predicted molar refractivity (Wildman–Crippen MR) is 82.2 cm³/mol. The van der Waals surface area contributed by atoms with Gasteiger partial charge in [-0.25, -0.2) is 4.39 Å². The van der Waals surface area contributed by atoms with Crippen molar-refractivity contribution in [1.29, 1.82) is 0 Å². The molecule has 19 heavy (non-hydrogen) atoms. The summed E-state index contributed by atoms with van der Waals surface area (Å²) in [4.78, 5) is 2.33. The third-order valence-corrected chi connectivity index (χ3v) is 4.09. The summed E-state index contributed by atoms with van der Waals surface area (Å²) in [5, 5.41) is 3.56. The van der Waals surface area contributed by atoms with Crippen LogP contribution in [0, 0.1) is 11.7 Å². The molecule has 1 atom stereocenters. The molecule has 1 aliphatic rings. The van der Waals surface area contributed by atoms with Crippen LogP contribution in [0.5, 0.6) is 0 Å². The maximum absolute atomic E-state index is 13.1. The van der Waals surface area contributed by atoms with Crippen molar-refractivity contribution in [1.82, 2.24) is 5.32 Å². The molecule has 0 radical (unpaired) electrons. The van der Waals surface area contributed by atoms with E-state index in [0.717, 1.165) is 29.8 Å². The minimum Gasteiger partial charge on any atom is -0.370 e. The molecule has 1 N–H and O–H groups in total. The van der Waals surface area contributed by atoms with Crippen molar-refractivity contribution in [3.63, 3.8) is 0 Å². The van der Waals surface area contributed by atoms with Crippen molar-refractivity contribution in [2.24, 2.45) is 5.92 Å². The van der Waals surface area contributed by atoms with Gasteiger partial charge in [0.05, 0.1) is 5.69 Å². The Morgan fingerprint density at radius 2 is 2.16 bits per heavy atom. The van der Waals surface area contributed by atoms with Gasteiger partial charge in [-0.05, 0) is 67.2 Å². The lowest BCUT2D eigenvalue weighted by atomic mass is 10.1. The molecule has 1 fully saturated rings. The number of nitrogens with one attached hydrogen (secondary N) is 1. The maximum atomic E-state index is 13.1. The van der Waals surface area contributed by atoms with E-state index in [1.807, 2.05) is 6.07 Å². The van der Waals surface area contributed by atoms with Gasteiger partial charge in [-0.2, -0.15) is 0 Å². The monoisotopic (exact) mass is 328 g/mol. The summed E-state index contributed by atoms with van der Waals surface area (Å²) in [6, 6.07) is 4.93. The summed E-state index contributed by atoms with van der Waals surface area (Å²) in [5.41, 5.74) is 1.27. The first-order valence-electron chi connectivity index (χ1n) is 6.80. The summed E-state index contributed by atoms with van der Waals surface area (Å²) in [5.74, 6) is 0.469. The lowest BCUT2D eigenvalue weighted by Gasteiger charge is -2.24.